The number of aliphatic hydroxyl groups is 1. The van der Waals surface area contributed by atoms with Gasteiger partial charge in [0.05, 0.1) is 0 Å². The molecule has 1 atom stereocenters. The number of halogens is 2. The predicted octanol–water partition coefficient (Wildman–Crippen LogP) is 3.99. The zero-order valence-corrected chi connectivity index (χ0v) is 10.5. The van der Waals surface area contributed by atoms with Gasteiger partial charge in [0, 0.05) is 11.8 Å². The zero-order valence-electron chi connectivity index (χ0n) is 10.5. The Labute approximate surface area is 114 Å². The van der Waals surface area contributed by atoms with Crippen LogP contribution >= 0.6 is 0 Å². The number of furan rings is 1. The Bertz CT molecular complexity index is 716. The van der Waals surface area contributed by atoms with E-state index in [1.54, 1.807) is 6.07 Å². The van der Waals surface area contributed by atoms with Gasteiger partial charge in [0.15, 0.2) is 11.6 Å². The fraction of sp³-hybridized carbons (Fsp3) is 0.125. The number of aliphatic hydroxyl groups excluding tert-OH is 1. The molecule has 1 heterocycles. The highest BCUT2D eigenvalue weighted by Gasteiger charge is 2.15. The van der Waals surface area contributed by atoms with Gasteiger partial charge in [-0.25, -0.2) is 8.78 Å². The highest BCUT2D eigenvalue weighted by Crippen LogP contribution is 2.26. The summed E-state index contributed by atoms with van der Waals surface area (Å²) in [7, 11) is 0. The zero-order chi connectivity index (χ0) is 14.1. The lowest BCUT2D eigenvalue weighted by Gasteiger charge is -2.07. The summed E-state index contributed by atoms with van der Waals surface area (Å²) in [5.41, 5.74) is 1.20. The molecule has 4 heteroatoms. The maximum atomic E-state index is 13.1. The summed E-state index contributed by atoms with van der Waals surface area (Å²) in [5.74, 6) is -1.40. The van der Waals surface area contributed by atoms with Crippen molar-refractivity contribution in [3.05, 3.63) is 71.5 Å². The lowest BCUT2D eigenvalue weighted by atomic mass is 10.1. The molecule has 0 saturated carbocycles. The second-order valence-electron chi connectivity index (χ2n) is 4.65. The van der Waals surface area contributed by atoms with Gasteiger partial charge in [0.25, 0.3) is 0 Å². The molecule has 2 aromatic carbocycles. The molecule has 20 heavy (non-hydrogen) atoms. The van der Waals surface area contributed by atoms with E-state index in [2.05, 4.69) is 0 Å². The largest absolute Gasteiger partial charge is 0.458 e. The SMILES string of the molecule is OC(Cc1ccc(F)c(F)c1)c1cc2ccccc2o1. The van der Waals surface area contributed by atoms with Gasteiger partial charge >= 0.3 is 0 Å². The van der Waals surface area contributed by atoms with Crippen molar-refractivity contribution < 1.29 is 18.3 Å². The standard InChI is InChI=1S/C16H12F2O2/c17-12-6-5-10(7-13(12)18)8-14(19)16-9-11-3-1-2-4-15(11)20-16/h1-7,9,14,19H,8H2. The van der Waals surface area contributed by atoms with Crippen LogP contribution in [0.1, 0.15) is 17.4 Å². The average Bonchev–Trinajstić information content (AvgIpc) is 2.87. The quantitative estimate of drug-likeness (QED) is 0.783. The molecule has 2 nitrogen and oxygen atoms in total. The highest BCUT2D eigenvalue weighted by atomic mass is 19.2. The molecule has 1 N–H and O–H groups in total. The molecule has 0 amide bonds. The van der Waals surface area contributed by atoms with E-state index in [1.165, 1.54) is 6.07 Å². The average molecular weight is 274 g/mol. The van der Waals surface area contributed by atoms with E-state index in [-0.39, 0.29) is 6.42 Å². The van der Waals surface area contributed by atoms with Crippen LogP contribution in [0.25, 0.3) is 11.0 Å². The van der Waals surface area contributed by atoms with E-state index in [4.69, 9.17) is 4.42 Å². The maximum absolute atomic E-state index is 13.1. The van der Waals surface area contributed by atoms with Crippen molar-refractivity contribution in [3.63, 3.8) is 0 Å². The normalized spacial score (nSPS) is 12.8. The van der Waals surface area contributed by atoms with Gasteiger partial charge < -0.3 is 9.52 Å². The number of rotatable bonds is 3. The molecule has 102 valence electrons. The molecule has 0 aliphatic carbocycles. The van der Waals surface area contributed by atoms with E-state index in [0.29, 0.717) is 16.9 Å². The first-order chi connectivity index (χ1) is 9.63. The van der Waals surface area contributed by atoms with Gasteiger partial charge in [-0.1, -0.05) is 24.3 Å². The van der Waals surface area contributed by atoms with E-state index in [9.17, 15) is 13.9 Å². The molecule has 0 radical (unpaired) electrons. The molecule has 0 aliphatic heterocycles. The second-order valence-corrected chi connectivity index (χ2v) is 4.65. The summed E-state index contributed by atoms with van der Waals surface area (Å²) in [4.78, 5) is 0. The fourth-order valence-corrected chi connectivity index (χ4v) is 2.16. The molecular weight excluding hydrogens is 262 g/mol. The Morgan fingerprint density at radius 3 is 2.55 bits per heavy atom. The summed E-state index contributed by atoms with van der Waals surface area (Å²) >= 11 is 0. The molecule has 0 spiro atoms. The van der Waals surface area contributed by atoms with Gasteiger partial charge in [-0.05, 0) is 29.8 Å². The van der Waals surface area contributed by atoms with Crippen molar-refractivity contribution in [2.24, 2.45) is 0 Å². The lowest BCUT2D eigenvalue weighted by molar-refractivity contribution is 0.152. The van der Waals surface area contributed by atoms with E-state index in [0.717, 1.165) is 17.5 Å². The molecule has 3 aromatic rings. The van der Waals surface area contributed by atoms with Crippen molar-refractivity contribution in [2.45, 2.75) is 12.5 Å². The Balaban J connectivity index is 1.84. The lowest BCUT2D eigenvalue weighted by Crippen LogP contribution is -2.01. The van der Waals surface area contributed by atoms with Crippen molar-refractivity contribution >= 4 is 11.0 Å². The minimum Gasteiger partial charge on any atom is -0.458 e. The topological polar surface area (TPSA) is 33.4 Å². The second kappa shape index (κ2) is 5.06. The van der Waals surface area contributed by atoms with Gasteiger partial charge in [-0.3, -0.25) is 0 Å². The molecule has 1 unspecified atom stereocenters. The molecular formula is C16H12F2O2. The first-order valence-corrected chi connectivity index (χ1v) is 6.24. The summed E-state index contributed by atoms with van der Waals surface area (Å²) in [6.07, 6.45) is -0.732. The first kappa shape index (κ1) is 12.8. The third kappa shape index (κ3) is 2.42. The number of benzene rings is 2. The van der Waals surface area contributed by atoms with Crippen LogP contribution in [-0.2, 0) is 6.42 Å². The van der Waals surface area contributed by atoms with Crippen molar-refractivity contribution in [1.29, 1.82) is 0 Å². The third-order valence-electron chi connectivity index (χ3n) is 3.19. The maximum Gasteiger partial charge on any atom is 0.159 e. The van der Waals surface area contributed by atoms with Crippen molar-refractivity contribution in [1.82, 2.24) is 0 Å². The van der Waals surface area contributed by atoms with Crippen LogP contribution in [0.3, 0.4) is 0 Å². The molecule has 0 aliphatic rings. The van der Waals surface area contributed by atoms with Crippen LogP contribution in [-0.4, -0.2) is 5.11 Å². The Morgan fingerprint density at radius 2 is 1.80 bits per heavy atom. The number of hydrogen-bond acceptors (Lipinski definition) is 2. The summed E-state index contributed by atoms with van der Waals surface area (Å²) in [6, 6.07) is 12.7. The van der Waals surface area contributed by atoms with Crippen molar-refractivity contribution in [2.75, 3.05) is 0 Å². The third-order valence-corrected chi connectivity index (χ3v) is 3.19. The van der Waals surface area contributed by atoms with Gasteiger partial charge in [0.2, 0.25) is 0 Å². The number of para-hydroxylation sites is 1. The number of fused-ring (bicyclic) bond motifs is 1. The van der Waals surface area contributed by atoms with Crippen LogP contribution in [0.15, 0.2) is 52.9 Å². The first-order valence-electron chi connectivity index (χ1n) is 6.24. The van der Waals surface area contributed by atoms with Crippen molar-refractivity contribution in [3.8, 4) is 0 Å². The van der Waals surface area contributed by atoms with E-state index >= 15 is 0 Å². The summed E-state index contributed by atoms with van der Waals surface area (Å²) < 4.78 is 31.5. The smallest absolute Gasteiger partial charge is 0.159 e. The molecule has 3 rings (SSSR count). The Morgan fingerprint density at radius 1 is 1.00 bits per heavy atom. The van der Waals surface area contributed by atoms with Crippen LogP contribution in [0, 0.1) is 11.6 Å². The minimum absolute atomic E-state index is 0.164. The van der Waals surface area contributed by atoms with Gasteiger partial charge in [-0.2, -0.15) is 0 Å². The van der Waals surface area contributed by atoms with Gasteiger partial charge in [0.1, 0.15) is 17.4 Å². The summed E-state index contributed by atoms with van der Waals surface area (Å²) in [5, 5.41) is 11.0. The predicted molar refractivity (Wildman–Crippen MR) is 71.2 cm³/mol. The minimum atomic E-state index is -0.917. The molecule has 0 saturated heterocycles. The van der Waals surface area contributed by atoms with Crippen LogP contribution in [0.5, 0.6) is 0 Å². The Hall–Kier alpha value is -2.20. The van der Waals surface area contributed by atoms with Gasteiger partial charge in [-0.15, -0.1) is 0 Å². The highest BCUT2D eigenvalue weighted by molar-refractivity contribution is 5.77. The van der Waals surface area contributed by atoms with E-state index < -0.39 is 17.7 Å². The molecule has 0 fully saturated rings. The fourth-order valence-electron chi connectivity index (χ4n) is 2.16. The summed E-state index contributed by atoms with van der Waals surface area (Å²) in [6.45, 7) is 0. The Kier molecular flexibility index (Phi) is 3.24. The van der Waals surface area contributed by atoms with Crippen LogP contribution in [0.4, 0.5) is 8.78 Å². The monoisotopic (exact) mass is 274 g/mol. The molecule has 0 bridgehead atoms. The number of hydrogen-bond donors (Lipinski definition) is 1. The van der Waals surface area contributed by atoms with E-state index in [1.807, 2.05) is 24.3 Å². The van der Waals surface area contributed by atoms with Crippen LogP contribution in [0.2, 0.25) is 0 Å². The molecule has 1 aromatic heterocycles. The van der Waals surface area contributed by atoms with Crippen LogP contribution < -0.4 is 0 Å².